The van der Waals surface area contributed by atoms with Crippen molar-refractivity contribution < 1.29 is 20.1 Å². The van der Waals surface area contributed by atoms with Crippen molar-refractivity contribution in [3.8, 4) is 29.9 Å². The van der Waals surface area contributed by atoms with Crippen molar-refractivity contribution >= 4 is 5.78 Å². The number of ketones is 1. The number of aliphatic hydroxyl groups is 2. The van der Waals surface area contributed by atoms with Gasteiger partial charge in [-0.05, 0) is 160 Å². The van der Waals surface area contributed by atoms with Crippen LogP contribution in [0.1, 0.15) is 129 Å². The van der Waals surface area contributed by atoms with E-state index in [0.717, 1.165) is 64.2 Å². The quantitative estimate of drug-likeness (QED) is 0.251. The minimum absolute atomic E-state index is 0.0705. The average molecular weight is 637 g/mol. The molecule has 3 N–H and O–H groups in total. The largest absolute Gasteiger partial charge is 0.508 e. The van der Waals surface area contributed by atoms with Crippen molar-refractivity contribution in [2.24, 2.45) is 51.8 Å². The van der Waals surface area contributed by atoms with Gasteiger partial charge in [-0.2, -0.15) is 0 Å². The minimum Gasteiger partial charge on any atom is -0.508 e. The second-order valence-corrected chi connectivity index (χ2v) is 17.5. The van der Waals surface area contributed by atoms with Crippen LogP contribution in [0.4, 0.5) is 0 Å². The molecule has 4 nitrogen and oxygen atoms in total. The second-order valence-electron chi connectivity index (χ2n) is 17.5. The van der Waals surface area contributed by atoms with E-state index in [9.17, 15) is 20.1 Å². The topological polar surface area (TPSA) is 77.8 Å². The summed E-state index contributed by atoms with van der Waals surface area (Å²) < 4.78 is 0. The highest BCUT2D eigenvalue weighted by Crippen LogP contribution is 2.68. The van der Waals surface area contributed by atoms with Gasteiger partial charge in [0, 0.05) is 17.3 Å². The van der Waals surface area contributed by atoms with Gasteiger partial charge in [0.2, 0.25) is 0 Å². The molecule has 0 spiro atoms. The smallest absolute Gasteiger partial charge is 0.155 e. The highest BCUT2D eigenvalue weighted by atomic mass is 16.3. The van der Waals surface area contributed by atoms with E-state index in [2.05, 4.69) is 51.5 Å². The summed E-state index contributed by atoms with van der Waals surface area (Å²) >= 11 is 0. The summed E-state index contributed by atoms with van der Waals surface area (Å²) in [6.07, 6.45) is 20.8. The van der Waals surface area contributed by atoms with Crippen molar-refractivity contribution in [2.45, 2.75) is 135 Å². The number of carbonyl (C=O) groups is 1. The molecule has 7 aliphatic rings. The molecule has 1 aromatic carbocycles. The average Bonchev–Trinajstić information content (AvgIpc) is 3.47. The number of carbonyl (C=O) groups excluding carboxylic acids is 1. The van der Waals surface area contributed by atoms with E-state index in [1.54, 1.807) is 0 Å². The second kappa shape index (κ2) is 11.3. The molecule has 0 radical (unpaired) electrons. The zero-order valence-electron chi connectivity index (χ0n) is 29.4. The van der Waals surface area contributed by atoms with Crippen LogP contribution in [0.25, 0.3) is 0 Å². The third-order valence-corrected chi connectivity index (χ3v) is 15.9. The van der Waals surface area contributed by atoms with Gasteiger partial charge in [0.25, 0.3) is 0 Å². The van der Waals surface area contributed by atoms with E-state index < -0.39 is 11.2 Å². The third kappa shape index (κ3) is 4.67. The molecule has 47 heavy (non-hydrogen) atoms. The van der Waals surface area contributed by atoms with Crippen LogP contribution in [0.3, 0.4) is 0 Å². The predicted octanol–water partition coefficient (Wildman–Crippen LogP) is 8.13. The lowest BCUT2D eigenvalue weighted by Crippen LogP contribution is -2.55. The van der Waals surface area contributed by atoms with Gasteiger partial charge in [-0.15, -0.1) is 12.3 Å². The Morgan fingerprint density at radius 1 is 0.830 bits per heavy atom. The number of aryl methyl sites for hydroxylation is 1. The van der Waals surface area contributed by atoms with E-state index in [0.29, 0.717) is 59.4 Å². The summed E-state index contributed by atoms with van der Waals surface area (Å²) in [5, 5.41) is 31.9. The summed E-state index contributed by atoms with van der Waals surface area (Å²) in [5.74, 6) is 13.7. The van der Waals surface area contributed by atoms with Crippen LogP contribution in [0.2, 0.25) is 0 Å². The molecule has 0 aromatic heterocycles. The SMILES string of the molecule is C#C[C@]1(O)CC[C@H]2[C@@H]3CCc4cc(O)ccc4[C@H]3CC[C@@]21C.CC#C[C@]1(O)CC[C@H]2[C@@H]3C[C@H](C)C4=CC(=O)CC[C@]4(C)[C@H]3CC[C@@]21C. The fourth-order valence-corrected chi connectivity index (χ4v) is 13.2. The lowest BCUT2D eigenvalue weighted by Gasteiger charge is -2.60. The molecule has 12 atom stereocenters. The Labute approximate surface area is 283 Å². The Balaban J connectivity index is 0.000000151. The summed E-state index contributed by atoms with van der Waals surface area (Å²) in [7, 11) is 0. The zero-order chi connectivity index (χ0) is 33.6. The Morgan fingerprint density at radius 2 is 1.49 bits per heavy atom. The molecule has 0 bridgehead atoms. The maximum absolute atomic E-state index is 12.0. The van der Waals surface area contributed by atoms with E-state index in [-0.39, 0.29) is 16.2 Å². The number of phenols is 1. The number of benzene rings is 1. The van der Waals surface area contributed by atoms with Gasteiger partial charge < -0.3 is 15.3 Å². The van der Waals surface area contributed by atoms with E-state index in [4.69, 9.17) is 6.42 Å². The van der Waals surface area contributed by atoms with E-state index in [1.807, 2.05) is 25.1 Å². The first-order valence-corrected chi connectivity index (χ1v) is 18.7. The van der Waals surface area contributed by atoms with Gasteiger partial charge in [-0.25, -0.2) is 0 Å². The van der Waals surface area contributed by atoms with Crippen molar-refractivity contribution in [3.63, 3.8) is 0 Å². The first kappa shape index (κ1) is 33.0. The van der Waals surface area contributed by atoms with Crippen molar-refractivity contribution in [1.29, 1.82) is 0 Å². The molecule has 0 unspecified atom stereocenters. The van der Waals surface area contributed by atoms with Gasteiger partial charge in [0.1, 0.15) is 17.0 Å². The number of hydrogen-bond donors (Lipinski definition) is 3. The summed E-state index contributed by atoms with van der Waals surface area (Å²) in [6.45, 7) is 11.1. The van der Waals surface area contributed by atoms with Crippen LogP contribution in [-0.2, 0) is 11.2 Å². The summed E-state index contributed by atoms with van der Waals surface area (Å²) in [6, 6.07) is 5.87. The number of allylic oxidation sites excluding steroid dienone is 1. The number of terminal acetylenes is 1. The lowest BCUT2D eigenvalue weighted by atomic mass is 9.45. The van der Waals surface area contributed by atoms with Crippen molar-refractivity contribution in [1.82, 2.24) is 0 Å². The van der Waals surface area contributed by atoms with E-state index in [1.165, 1.54) is 29.5 Å². The normalized spacial score (nSPS) is 47.5. The molecule has 4 heteroatoms. The molecule has 7 aliphatic carbocycles. The van der Waals surface area contributed by atoms with Gasteiger partial charge in [0.05, 0.1) is 0 Å². The molecule has 0 saturated heterocycles. The van der Waals surface area contributed by atoms with Crippen LogP contribution < -0.4 is 0 Å². The molecule has 0 aliphatic heterocycles. The van der Waals surface area contributed by atoms with Crippen LogP contribution >= 0.6 is 0 Å². The maximum Gasteiger partial charge on any atom is 0.155 e. The monoisotopic (exact) mass is 636 g/mol. The summed E-state index contributed by atoms with van der Waals surface area (Å²) in [4.78, 5) is 12.0. The fourth-order valence-electron chi connectivity index (χ4n) is 13.2. The number of fused-ring (bicyclic) bond motifs is 10. The summed E-state index contributed by atoms with van der Waals surface area (Å²) in [5.41, 5.74) is 2.43. The number of rotatable bonds is 0. The highest BCUT2D eigenvalue weighted by molar-refractivity contribution is 5.91. The fraction of sp³-hybridized carbons (Fsp3) is 0.698. The lowest BCUT2D eigenvalue weighted by molar-refractivity contribution is -0.121. The molecule has 0 amide bonds. The molecule has 5 saturated carbocycles. The molecule has 0 heterocycles. The van der Waals surface area contributed by atoms with Crippen molar-refractivity contribution in [3.05, 3.63) is 41.0 Å². The third-order valence-electron chi connectivity index (χ3n) is 15.9. The first-order valence-electron chi connectivity index (χ1n) is 18.7. The highest BCUT2D eigenvalue weighted by Gasteiger charge is 2.64. The molecule has 1 aromatic rings. The van der Waals surface area contributed by atoms with Gasteiger partial charge in [-0.1, -0.05) is 51.2 Å². The van der Waals surface area contributed by atoms with Gasteiger partial charge in [-0.3, -0.25) is 4.79 Å². The number of phenolic OH excluding ortho intramolecular Hbond substituents is 1. The van der Waals surface area contributed by atoms with Gasteiger partial charge in [0.15, 0.2) is 5.78 Å². The van der Waals surface area contributed by atoms with Crippen molar-refractivity contribution in [2.75, 3.05) is 0 Å². The molecule has 5 fully saturated rings. The Bertz CT molecular complexity index is 1590. The minimum atomic E-state index is -0.919. The number of aromatic hydroxyl groups is 1. The van der Waals surface area contributed by atoms with Crippen LogP contribution in [0, 0.1) is 75.9 Å². The molecular formula is C43H56O4. The molecule has 252 valence electrons. The zero-order valence-corrected chi connectivity index (χ0v) is 29.4. The predicted molar refractivity (Wildman–Crippen MR) is 186 cm³/mol. The Kier molecular flexibility index (Phi) is 7.90. The van der Waals surface area contributed by atoms with Crippen LogP contribution in [0.5, 0.6) is 5.75 Å². The molecular weight excluding hydrogens is 580 g/mol. The Morgan fingerprint density at radius 3 is 2.21 bits per heavy atom. The number of hydrogen-bond acceptors (Lipinski definition) is 4. The van der Waals surface area contributed by atoms with Crippen LogP contribution in [0.15, 0.2) is 29.8 Å². The Hall–Kier alpha value is -2.53. The van der Waals surface area contributed by atoms with E-state index >= 15 is 0 Å². The van der Waals surface area contributed by atoms with Crippen LogP contribution in [-0.4, -0.2) is 32.3 Å². The standard InChI is InChI=1S/C23H32O2.C20H24O2/c1-5-9-23(25)12-8-19-17-13-15(2)20-14-16(24)6-10-21(20,3)18(17)7-11-22(19,23)4;1-3-20(22)11-9-18-17-6-4-13-12-14(21)5-7-15(13)16(17)8-10-19(18,20)2/h14-15,17-19,25H,6-8,10-13H2,1-4H3;1,5,7,12,16-18,21-22H,4,6,8-11H2,2H3/t15-,17+,18-,19-,21+,22-,23-;16-,17-,18+,19+,20+/m01/s1. The van der Waals surface area contributed by atoms with Gasteiger partial charge >= 0.3 is 0 Å². The molecule has 8 rings (SSSR count). The first-order chi connectivity index (χ1) is 22.2. The maximum atomic E-state index is 12.0.